The maximum atomic E-state index is 2.25. The van der Waals surface area contributed by atoms with E-state index >= 15 is 0 Å². The first-order valence-corrected chi connectivity index (χ1v) is 8.24. The molecule has 0 N–H and O–H groups in total. The van der Waals surface area contributed by atoms with Crippen LogP contribution in [0.1, 0.15) is 37.8 Å². The van der Waals surface area contributed by atoms with Gasteiger partial charge in [0.05, 0.1) is 0 Å². The fourth-order valence-corrected chi connectivity index (χ4v) is 2.56. The minimum Gasteiger partial charge on any atom is -0.0917 e. The van der Waals surface area contributed by atoms with Crippen molar-refractivity contribution in [2.45, 2.75) is 39.5 Å². The third-order valence-electron chi connectivity index (χ3n) is 3.91. The van der Waals surface area contributed by atoms with Gasteiger partial charge in [0.25, 0.3) is 0 Å². The summed E-state index contributed by atoms with van der Waals surface area (Å²) in [6.07, 6.45) is 13.2. The molecule has 0 nitrogen and oxygen atoms in total. The first kappa shape index (κ1) is 16.3. The van der Waals surface area contributed by atoms with Gasteiger partial charge >= 0.3 is 0 Å². The van der Waals surface area contributed by atoms with Gasteiger partial charge in [-0.25, -0.2) is 0 Å². The van der Waals surface area contributed by atoms with Gasteiger partial charge in [-0.15, -0.1) is 0 Å². The fraction of sp³-hybridized carbons (Fsp3) is 0.273. The van der Waals surface area contributed by atoms with E-state index in [2.05, 4.69) is 86.7 Å². The van der Waals surface area contributed by atoms with Crippen molar-refractivity contribution in [1.29, 1.82) is 0 Å². The van der Waals surface area contributed by atoms with E-state index in [0.717, 1.165) is 25.7 Å². The lowest BCUT2D eigenvalue weighted by Gasteiger charge is -2.05. The normalized spacial score (nSPS) is 11.5. The van der Waals surface area contributed by atoms with Gasteiger partial charge in [-0.2, -0.15) is 0 Å². The monoisotopic (exact) mass is 290 g/mol. The maximum Gasteiger partial charge on any atom is -0.0184 e. The van der Waals surface area contributed by atoms with Crippen molar-refractivity contribution in [3.05, 3.63) is 84.0 Å². The average molecular weight is 290 g/mol. The third-order valence-corrected chi connectivity index (χ3v) is 3.91. The van der Waals surface area contributed by atoms with Gasteiger partial charge in [0.15, 0.2) is 0 Å². The second kappa shape index (κ2) is 9.04. The summed E-state index contributed by atoms with van der Waals surface area (Å²) in [5.74, 6) is 0. The molecule has 0 aromatic heterocycles. The summed E-state index contributed by atoms with van der Waals surface area (Å²) in [4.78, 5) is 0. The molecule has 22 heavy (non-hydrogen) atoms. The van der Waals surface area contributed by atoms with Gasteiger partial charge < -0.3 is 0 Å². The molecule has 0 unspecified atom stereocenters. The van der Waals surface area contributed by atoms with Crippen LogP contribution in [-0.4, -0.2) is 0 Å². The SMILES string of the molecule is C/C=C/CCc1ccc(-c2ccc(CC/C=C/C)cc2)cc1. The highest BCUT2D eigenvalue weighted by Crippen LogP contribution is 2.21. The Balaban J connectivity index is 1.99. The van der Waals surface area contributed by atoms with Gasteiger partial charge in [0.2, 0.25) is 0 Å². The molecule has 0 amide bonds. The van der Waals surface area contributed by atoms with Crippen LogP contribution in [0.25, 0.3) is 11.1 Å². The van der Waals surface area contributed by atoms with E-state index in [1.165, 1.54) is 22.3 Å². The van der Waals surface area contributed by atoms with Crippen LogP contribution < -0.4 is 0 Å². The van der Waals surface area contributed by atoms with Crippen molar-refractivity contribution in [1.82, 2.24) is 0 Å². The molecule has 0 heteroatoms. The molecule has 114 valence electrons. The van der Waals surface area contributed by atoms with Gasteiger partial charge in [-0.3, -0.25) is 0 Å². The highest BCUT2D eigenvalue weighted by atomic mass is 14.0. The molecule has 0 bridgehead atoms. The zero-order valence-corrected chi connectivity index (χ0v) is 13.8. The smallest absolute Gasteiger partial charge is 0.0184 e. The molecule has 0 saturated heterocycles. The number of hydrogen-bond donors (Lipinski definition) is 0. The van der Waals surface area contributed by atoms with Gasteiger partial charge in [-0.05, 0) is 61.8 Å². The molecule has 0 aliphatic rings. The molecule has 0 fully saturated rings. The second-order valence-electron chi connectivity index (χ2n) is 5.61. The lowest BCUT2D eigenvalue weighted by atomic mass is 10.00. The van der Waals surface area contributed by atoms with Crippen molar-refractivity contribution >= 4 is 0 Å². The van der Waals surface area contributed by atoms with E-state index in [9.17, 15) is 0 Å². The summed E-state index contributed by atoms with van der Waals surface area (Å²) in [5, 5.41) is 0. The lowest BCUT2D eigenvalue weighted by Crippen LogP contribution is -1.86. The minimum atomic E-state index is 1.12. The predicted molar refractivity (Wildman–Crippen MR) is 98.1 cm³/mol. The summed E-state index contributed by atoms with van der Waals surface area (Å²) in [7, 11) is 0. The molecule has 0 aliphatic heterocycles. The van der Waals surface area contributed by atoms with Crippen molar-refractivity contribution in [3.63, 3.8) is 0 Å². The molecule has 0 heterocycles. The molecule has 0 atom stereocenters. The Morgan fingerprint density at radius 1 is 0.591 bits per heavy atom. The zero-order valence-electron chi connectivity index (χ0n) is 13.8. The number of rotatable bonds is 7. The predicted octanol–water partition coefficient (Wildman–Crippen LogP) is 6.37. The summed E-state index contributed by atoms with van der Waals surface area (Å²) < 4.78 is 0. The molecule has 2 aromatic carbocycles. The zero-order chi connectivity index (χ0) is 15.6. The largest absolute Gasteiger partial charge is 0.0917 e. The van der Waals surface area contributed by atoms with Crippen LogP contribution in [0.4, 0.5) is 0 Å². The molecule has 0 radical (unpaired) electrons. The van der Waals surface area contributed by atoms with Crippen LogP contribution in [0.2, 0.25) is 0 Å². The van der Waals surface area contributed by atoms with Crippen LogP contribution in [0.3, 0.4) is 0 Å². The quantitative estimate of drug-likeness (QED) is 0.520. The van der Waals surface area contributed by atoms with E-state index in [1.54, 1.807) is 0 Å². The number of aryl methyl sites for hydroxylation is 2. The molecule has 0 saturated carbocycles. The third kappa shape index (κ3) is 5.04. The highest BCUT2D eigenvalue weighted by Gasteiger charge is 1.99. The molecule has 2 aromatic rings. The maximum absolute atomic E-state index is 2.25. The van der Waals surface area contributed by atoms with Crippen LogP contribution in [0, 0.1) is 0 Å². The van der Waals surface area contributed by atoms with Crippen LogP contribution >= 0.6 is 0 Å². The van der Waals surface area contributed by atoms with E-state index in [-0.39, 0.29) is 0 Å². The Morgan fingerprint density at radius 3 is 1.27 bits per heavy atom. The van der Waals surface area contributed by atoms with E-state index in [0.29, 0.717) is 0 Å². The highest BCUT2D eigenvalue weighted by molar-refractivity contribution is 5.64. The Labute approximate surface area is 135 Å². The molecule has 2 rings (SSSR count). The Morgan fingerprint density at radius 2 is 0.955 bits per heavy atom. The molecule has 0 aliphatic carbocycles. The Hall–Kier alpha value is -2.08. The van der Waals surface area contributed by atoms with Crippen molar-refractivity contribution in [2.75, 3.05) is 0 Å². The average Bonchev–Trinajstić information content (AvgIpc) is 2.57. The minimum absolute atomic E-state index is 1.12. The summed E-state index contributed by atoms with van der Waals surface area (Å²) in [6, 6.07) is 17.9. The second-order valence-corrected chi connectivity index (χ2v) is 5.61. The van der Waals surface area contributed by atoms with E-state index < -0.39 is 0 Å². The van der Waals surface area contributed by atoms with Gasteiger partial charge in [0.1, 0.15) is 0 Å². The number of benzene rings is 2. The van der Waals surface area contributed by atoms with Crippen LogP contribution in [0.5, 0.6) is 0 Å². The van der Waals surface area contributed by atoms with E-state index in [4.69, 9.17) is 0 Å². The molecule has 0 spiro atoms. The van der Waals surface area contributed by atoms with Crippen molar-refractivity contribution in [2.24, 2.45) is 0 Å². The van der Waals surface area contributed by atoms with Gasteiger partial charge in [0, 0.05) is 0 Å². The van der Waals surface area contributed by atoms with Crippen LogP contribution in [0.15, 0.2) is 72.8 Å². The number of allylic oxidation sites excluding steroid dienone is 4. The summed E-state index contributed by atoms with van der Waals surface area (Å²) in [6.45, 7) is 4.15. The topological polar surface area (TPSA) is 0 Å². The molecular formula is C22H26. The lowest BCUT2D eigenvalue weighted by molar-refractivity contribution is 0.998. The first-order valence-electron chi connectivity index (χ1n) is 8.24. The number of hydrogen-bond acceptors (Lipinski definition) is 0. The first-order chi connectivity index (χ1) is 10.8. The standard InChI is InChI=1S/C22H26/c1-3-5-7-9-19-11-15-21(16-12-19)22-17-13-20(14-18-22)10-8-6-4-2/h3-6,11-18H,7-10H2,1-2H3/b5-3+,6-4+. The van der Waals surface area contributed by atoms with Crippen molar-refractivity contribution < 1.29 is 0 Å². The van der Waals surface area contributed by atoms with E-state index in [1.807, 2.05) is 0 Å². The Bertz CT molecular complexity index is 540. The van der Waals surface area contributed by atoms with Gasteiger partial charge in [-0.1, -0.05) is 72.8 Å². The fourth-order valence-electron chi connectivity index (χ4n) is 2.56. The Kier molecular flexibility index (Phi) is 6.70. The summed E-state index contributed by atoms with van der Waals surface area (Å²) in [5.41, 5.74) is 5.42. The van der Waals surface area contributed by atoms with Crippen molar-refractivity contribution in [3.8, 4) is 11.1 Å². The van der Waals surface area contributed by atoms with Crippen LogP contribution in [-0.2, 0) is 12.8 Å². The molecular weight excluding hydrogens is 264 g/mol. The summed E-state index contributed by atoms with van der Waals surface area (Å²) >= 11 is 0.